The SMILES string of the molecule is COCCNC(=O)CSc1ccccc1C(=O)N1CC[C@@H](N)C1. The minimum Gasteiger partial charge on any atom is -0.383 e. The predicted molar refractivity (Wildman–Crippen MR) is 90.5 cm³/mol. The molecule has 1 aliphatic heterocycles. The first-order valence-electron chi connectivity index (χ1n) is 7.64. The first-order chi connectivity index (χ1) is 11.1. The van der Waals surface area contributed by atoms with Gasteiger partial charge in [0.2, 0.25) is 5.91 Å². The Morgan fingerprint density at radius 1 is 1.43 bits per heavy atom. The summed E-state index contributed by atoms with van der Waals surface area (Å²) in [6, 6.07) is 7.45. The minimum absolute atomic E-state index is 0.0131. The number of ether oxygens (including phenoxy) is 1. The van der Waals surface area contributed by atoms with E-state index in [0.29, 0.717) is 31.8 Å². The van der Waals surface area contributed by atoms with E-state index in [1.807, 2.05) is 18.2 Å². The van der Waals surface area contributed by atoms with Crippen LogP contribution in [0, 0.1) is 0 Å². The summed E-state index contributed by atoms with van der Waals surface area (Å²) in [4.78, 5) is 27.0. The van der Waals surface area contributed by atoms with Gasteiger partial charge in [-0.15, -0.1) is 11.8 Å². The highest BCUT2D eigenvalue weighted by Gasteiger charge is 2.26. The largest absolute Gasteiger partial charge is 0.383 e. The summed E-state index contributed by atoms with van der Waals surface area (Å²) in [5.41, 5.74) is 6.51. The van der Waals surface area contributed by atoms with Crippen molar-refractivity contribution >= 4 is 23.6 Å². The zero-order chi connectivity index (χ0) is 16.7. The van der Waals surface area contributed by atoms with Gasteiger partial charge >= 0.3 is 0 Å². The average molecular weight is 337 g/mol. The second-order valence-electron chi connectivity index (χ2n) is 5.43. The van der Waals surface area contributed by atoms with E-state index < -0.39 is 0 Å². The molecule has 2 rings (SSSR count). The third kappa shape index (κ3) is 5.23. The van der Waals surface area contributed by atoms with Crippen molar-refractivity contribution in [3.63, 3.8) is 0 Å². The third-order valence-corrected chi connectivity index (χ3v) is 4.69. The van der Waals surface area contributed by atoms with Crippen LogP contribution in [0.5, 0.6) is 0 Å². The van der Waals surface area contributed by atoms with Crippen LogP contribution < -0.4 is 11.1 Å². The number of likely N-dealkylation sites (tertiary alicyclic amines) is 1. The number of carbonyl (C=O) groups excluding carboxylic acids is 2. The minimum atomic E-state index is -0.0718. The lowest BCUT2D eigenvalue weighted by atomic mass is 10.2. The van der Waals surface area contributed by atoms with Crippen molar-refractivity contribution in [1.29, 1.82) is 0 Å². The first kappa shape index (κ1) is 17.8. The van der Waals surface area contributed by atoms with Crippen LogP contribution >= 0.6 is 11.8 Å². The summed E-state index contributed by atoms with van der Waals surface area (Å²) in [6.45, 7) is 2.26. The molecule has 1 aliphatic rings. The number of benzene rings is 1. The van der Waals surface area contributed by atoms with E-state index in [1.54, 1.807) is 18.1 Å². The first-order valence-corrected chi connectivity index (χ1v) is 8.62. The Hall–Kier alpha value is -1.57. The second-order valence-corrected chi connectivity index (χ2v) is 6.44. The molecule has 1 heterocycles. The molecular weight excluding hydrogens is 314 g/mol. The van der Waals surface area contributed by atoms with Crippen LogP contribution in [0.3, 0.4) is 0 Å². The monoisotopic (exact) mass is 337 g/mol. The molecule has 3 N–H and O–H groups in total. The number of nitrogens with zero attached hydrogens (tertiary/aromatic N) is 1. The molecule has 1 saturated heterocycles. The van der Waals surface area contributed by atoms with E-state index in [2.05, 4.69) is 5.32 Å². The van der Waals surface area contributed by atoms with Crippen LogP contribution in [-0.4, -0.2) is 61.9 Å². The molecule has 0 radical (unpaired) electrons. The van der Waals surface area contributed by atoms with Crippen molar-refractivity contribution in [2.45, 2.75) is 17.4 Å². The molecule has 0 bridgehead atoms. The van der Waals surface area contributed by atoms with Crippen LogP contribution in [0.15, 0.2) is 29.2 Å². The Balaban J connectivity index is 1.95. The lowest BCUT2D eigenvalue weighted by molar-refractivity contribution is -0.118. The van der Waals surface area contributed by atoms with Gasteiger partial charge in [-0.2, -0.15) is 0 Å². The Morgan fingerprint density at radius 2 is 2.22 bits per heavy atom. The molecule has 1 fully saturated rings. The fraction of sp³-hybridized carbons (Fsp3) is 0.500. The summed E-state index contributed by atoms with van der Waals surface area (Å²) in [5.74, 6) is 0.186. The zero-order valence-corrected chi connectivity index (χ0v) is 14.1. The zero-order valence-electron chi connectivity index (χ0n) is 13.3. The highest BCUT2D eigenvalue weighted by atomic mass is 32.2. The van der Waals surface area contributed by atoms with Gasteiger partial charge in [0.05, 0.1) is 17.9 Å². The molecule has 1 aromatic rings. The number of hydrogen-bond acceptors (Lipinski definition) is 5. The fourth-order valence-electron chi connectivity index (χ4n) is 2.40. The molecule has 126 valence electrons. The summed E-state index contributed by atoms with van der Waals surface area (Å²) >= 11 is 1.37. The molecule has 6 nitrogen and oxygen atoms in total. The molecular formula is C16H23N3O3S. The van der Waals surface area contributed by atoms with Gasteiger partial charge in [0, 0.05) is 37.7 Å². The summed E-state index contributed by atoms with van der Waals surface area (Å²) in [5, 5.41) is 2.77. The van der Waals surface area contributed by atoms with E-state index >= 15 is 0 Å². The highest BCUT2D eigenvalue weighted by molar-refractivity contribution is 8.00. The van der Waals surface area contributed by atoms with Crippen molar-refractivity contribution < 1.29 is 14.3 Å². The van der Waals surface area contributed by atoms with Gasteiger partial charge in [-0.3, -0.25) is 9.59 Å². The number of nitrogens with two attached hydrogens (primary N) is 1. The van der Waals surface area contributed by atoms with Crippen LogP contribution in [0.1, 0.15) is 16.8 Å². The number of hydrogen-bond donors (Lipinski definition) is 2. The number of amides is 2. The fourth-order valence-corrected chi connectivity index (χ4v) is 3.27. The van der Waals surface area contributed by atoms with Crippen molar-refractivity contribution in [3.05, 3.63) is 29.8 Å². The third-order valence-electron chi connectivity index (χ3n) is 3.62. The van der Waals surface area contributed by atoms with E-state index in [0.717, 1.165) is 11.3 Å². The topological polar surface area (TPSA) is 84.7 Å². The highest BCUT2D eigenvalue weighted by Crippen LogP contribution is 2.24. The van der Waals surface area contributed by atoms with Gasteiger partial charge < -0.3 is 20.7 Å². The van der Waals surface area contributed by atoms with E-state index in [1.165, 1.54) is 11.8 Å². The Bertz CT molecular complexity index is 553. The Kier molecular flexibility index (Phi) is 6.88. The normalized spacial score (nSPS) is 17.3. The van der Waals surface area contributed by atoms with Gasteiger partial charge in [0.15, 0.2) is 0 Å². The molecule has 0 saturated carbocycles. The Morgan fingerprint density at radius 3 is 2.91 bits per heavy atom. The van der Waals surface area contributed by atoms with Crippen LogP contribution in [-0.2, 0) is 9.53 Å². The molecule has 0 spiro atoms. The standard InChI is InChI=1S/C16H23N3O3S/c1-22-9-7-18-15(20)11-23-14-5-3-2-4-13(14)16(21)19-8-6-12(17)10-19/h2-5,12H,6-11,17H2,1H3,(H,18,20)/t12-/m1/s1. The smallest absolute Gasteiger partial charge is 0.255 e. The maximum absolute atomic E-state index is 12.6. The average Bonchev–Trinajstić information content (AvgIpc) is 2.99. The molecule has 0 aromatic heterocycles. The van der Waals surface area contributed by atoms with Gasteiger partial charge in [0.25, 0.3) is 5.91 Å². The summed E-state index contributed by atoms with van der Waals surface area (Å²) in [6.07, 6.45) is 0.836. The van der Waals surface area contributed by atoms with E-state index in [4.69, 9.17) is 10.5 Å². The summed E-state index contributed by atoms with van der Waals surface area (Å²) < 4.78 is 4.89. The Labute approximate surface area is 140 Å². The second kappa shape index (κ2) is 8.90. The van der Waals surface area contributed by atoms with Gasteiger partial charge in [-0.25, -0.2) is 0 Å². The number of carbonyl (C=O) groups is 2. The van der Waals surface area contributed by atoms with E-state index in [9.17, 15) is 9.59 Å². The van der Waals surface area contributed by atoms with Crippen LogP contribution in [0.4, 0.5) is 0 Å². The van der Waals surface area contributed by atoms with Gasteiger partial charge in [0.1, 0.15) is 0 Å². The van der Waals surface area contributed by atoms with Crippen molar-refractivity contribution in [2.24, 2.45) is 5.73 Å². The van der Waals surface area contributed by atoms with Crippen molar-refractivity contribution in [3.8, 4) is 0 Å². The molecule has 1 aromatic carbocycles. The van der Waals surface area contributed by atoms with Gasteiger partial charge in [-0.05, 0) is 18.6 Å². The van der Waals surface area contributed by atoms with Crippen molar-refractivity contribution in [2.75, 3.05) is 39.1 Å². The molecule has 7 heteroatoms. The molecule has 0 unspecified atom stereocenters. The van der Waals surface area contributed by atoms with E-state index in [-0.39, 0.29) is 23.6 Å². The predicted octanol–water partition coefficient (Wildman–Crippen LogP) is 0.715. The maximum Gasteiger partial charge on any atom is 0.255 e. The molecule has 2 amide bonds. The molecule has 23 heavy (non-hydrogen) atoms. The molecule has 0 aliphatic carbocycles. The number of rotatable bonds is 7. The quantitative estimate of drug-likeness (QED) is 0.566. The van der Waals surface area contributed by atoms with Crippen molar-refractivity contribution in [1.82, 2.24) is 10.2 Å². The number of thioether (sulfide) groups is 1. The lowest BCUT2D eigenvalue weighted by Gasteiger charge is -2.17. The maximum atomic E-state index is 12.6. The number of methoxy groups -OCH3 is 1. The van der Waals surface area contributed by atoms with Gasteiger partial charge in [-0.1, -0.05) is 12.1 Å². The number of nitrogens with one attached hydrogen (secondary N) is 1. The summed E-state index contributed by atoms with van der Waals surface area (Å²) in [7, 11) is 1.59. The van der Waals surface area contributed by atoms with Crippen LogP contribution in [0.25, 0.3) is 0 Å². The lowest BCUT2D eigenvalue weighted by Crippen LogP contribution is -2.32. The molecule has 1 atom stereocenters. The van der Waals surface area contributed by atoms with Crippen LogP contribution in [0.2, 0.25) is 0 Å².